The summed E-state index contributed by atoms with van der Waals surface area (Å²) in [6.45, 7) is 0. The SMILES string of the molecule is O=C(O)c1ccccc1C(c1ccccc1C(=O)O)c1ccccc1C(=O)O. The first-order valence-electron chi connectivity index (χ1n) is 8.38. The van der Waals surface area contributed by atoms with Crippen LogP contribution in [0.15, 0.2) is 72.8 Å². The highest BCUT2D eigenvalue weighted by molar-refractivity contribution is 5.94. The van der Waals surface area contributed by atoms with Crippen LogP contribution in [-0.2, 0) is 0 Å². The van der Waals surface area contributed by atoms with Crippen LogP contribution in [0, 0.1) is 0 Å². The van der Waals surface area contributed by atoms with Gasteiger partial charge in [-0.1, -0.05) is 54.6 Å². The maximum absolute atomic E-state index is 11.8. The number of carboxylic acid groups (broad SMARTS) is 3. The quantitative estimate of drug-likeness (QED) is 0.562. The van der Waals surface area contributed by atoms with Gasteiger partial charge in [0, 0.05) is 5.92 Å². The molecule has 3 aromatic rings. The molecule has 0 aromatic heterocycles. The van der Waals surface area contributed by atoms with E-state index in [0.717, 1.165) is 0 Å². The first-order valence-corrected chi connectivity index (χ1v) is 8.38. The molecule has 6 nitrogen and oxygen atoms in total. The van der Waals surface area contributed by atoms with Gasteiger partial charge in [-0.25, -0.2) is 14.4 Å². The fourth-order valence-electron chi connectivity index (χ4n) is 3.33. The van der Waals surface area contributed by atoms with Gasteiger partial charge in [0.25, 0.3) is 0 Å². The molecule has 0 radical (unpaired) electrons. The lowest BCUT2D eigenvalue weighted by atomic mass is 9.79. The van der Waals surface area contributed by atoms with Crippen molar-refractivity contribution in [2.24, 2.45) is 0 Å². The normalized spacial score (nSPS) is 10.6. The molecule has 3 N–H and O–H groups in total. The van der Waals surface area contributed by atoms with Crippen LogP contribution in [0.4, 0.5) is 0 Å². The minimum atomic E-state index is -1.18. The number of carboxylic acids is 3. The Balaban J connectivity index is 2.40. The van der Waals surface area contributed by atoms with Crippen molar-refractivity contribution in [3.05, 3.63) is 106 Å². The van der Waals surface area contributed by atoms with Gasteiger partial charge in [-0.15, -0.1) is 0 Å². The minimum Gasteiger partial charge on any atom is -0.478 e. The summed E-state index contributed by atoms with van der Waals surface area (Å²) in [5.74, 6) is -4.42. The highest BCUT2D eigenvalue weighted by Crippen LogP contribution is 2.37. The minimum absolute atomic E-state index is 0.0205. The molecule has 140 valence electrons. The first-order chi connectivity index (χ1) is 13.4. The summed E-state index contributed by atoms with van der Waals surface area (Å²) in [6, 6.07) is 18.6. The molecule has 0 atom stereocenters. The van der Waals surface area contributed by atoms with Crippen LogP contribution in [0.2, 0.25) is 0 Å². The monoisotopic (exact) mass is 376 g/mol. The Morgan fingerprint density at radius 1 is 0.500 bits per heavy atom. The van der Waals surface area contributed by atoms with E-state index in [1.165, 1.54) is 18.2 Å². The summed E-state index contributed by atoms with van der Waals surface area (Å²) in [5.41, 5.74) is 0.890. The molecular weight excluding hydrogens is 360 g/mol. The summed E-state index contributed by atoms with van der Waals surface area (Å²) in [7, 11) is 0. The molecule has 0 aliphatic carbocycles. The van der Waals surface area contributed by atoms with Crippen molar-refractivity contribution in [2.75, 3.05) is 0 Å². The van der Waals surface area contributed by atoms with Gasteiger partial charge in [0.1, 0.15) is 0 Å². The Morgan fingerprint density at radius 3 is 1.00 bits per heavy atom. The molecule has 0 heterocycles. The molecule has 3 aromatic carbocycles. The van der Waals surface area contributed by atoms with Gasteiger partial charge in [0.05, 0.1) is 16.7 Å². The second-order valence-electron chi connectivity index (χ2n) is 6.11. The number of carbonyl (C=O) groups is 3. The van der Waals surface area contributed by atoms with Gasteiger partial charge >= 0.3 is 17.9 Å². The van der Waals surface area contributed by atoms with E-state index in [4.69, 9.17) is 0 Å². The first kappa shape index (κ1) is 18.8. The van der Waals surface area contributed by atoms with Gasteiger partial charge in [-0.2, -0.15) is 0 Å². The van der Waals surface area contributed by atoms with E-state index in [0.29, 0.717) is 16.7 Å². The molecule has 6 heteroatoms. The predicted octanol–water partition coefficient (Wildman–Crippen LogP) is 3.96. The van der Waals surface area contributed by atoms with Crippen molar-refractivity contribution in [1.29, 1.82) is 0 Å². The lowest BCUT2D eigenvalue weighted by molar-refractivity contribution is 0.0686. The van der Waals surface area contributed by atoms with Crippen LogP contribution in [0.3, 0.4) is 0 Å². The van der Waals surface area contributed by atoms with Crippen LogP contribution in [0.5, 0.6) is 0 Å². The van der Waals surface area contributed by atoms with Crippen molar-refractivity contribution in [1.82, 2.24) is 0 Å². The zero-order chi connectivity index (χ0) is 20.3. The molecule has 0 saturated carbocycles. The van der Waals surface area contributed by atoms with Crippen LogP contribution in [0.25, 0.3) is 0 Å². The summed E-state index contributed by atoms with van der Waals surface area (Å²) >= 11 is 0. The molecule has 0 spiro atoms. The lowest BCUT2D eigenvalue weighted by Crippen LogP contribution is -2.16. The smallest absolute Gasteiger partial charge is 0.335 e. The van der Waals surface area contributed by atoms with Gasteiger partial charge < -0.3 is 15.3 Å². The molecule has 0 fully saturated rings. The van der Waals surface area contributed by atoms with Crippen LogP contribution in [0.1, 0.15) is 53.7 Å². The van der Waals surface area contributed by atoms with Crippen molar-refractivity contribution in [3.63, 3.8) is 0 Å². The van der Waals surface area contributed by atoms with E-state index in [1.807, 2.05) is 0 Å². The summed E-state index contributed by atoms with van der Waals surface area (Å²) in [6.07, 6.45) is 0. The van der Waals surface area contributed by atoms with Crippen molar-refractivity contribution < 1.29 is 29.7 Å². The fraction of sp³-hybridized carbons (Fsp3) is 0.0455. The molecule has 0 aliphatic heterocycles. The highest BCUT2D eigenvalue weighted by atomic mass is 16.4. The lowest BCUT2D eigenvalue weighted by Gasteiger charge is -2.23. The molecule has 0 aliphatic rings. The Morgan fingerprint density at radius 2 is 0.750 bits per heavy atom. The predicted molar refractivity (Wildman–Crippen MR) is 101 cm³/mol. The van der Waals surface area contributed by atoms with E-state index in [9.17, 15) is 29.7 Å². The van der Waals surface area contributed by atoms with Gasteiger partial charge in [-0.3, -0.25) is 0 Å². The van der Waals surface area contributed by atoms with Crippen molar-refractivity contribution in [3.8, 4) is 0 Å². The average molecular weight is 376 g/mol. The number of rotatable bonds is 6. The second-order valence-corrected chi connectivity index (χ2v) is 6.11. The van der Waals surface area contributed by atoms with Gasteiger partial charge in [0.15, 0.2) is 0 Å². The molecular formula is C22H16O6. The Kier molecular flexibility index (Phi) is 5.22. The van der Waals surface area contributed by atoms with E-state index in [1.54, 1.807) is 54.6 Å². The third-order valence-electron chi connectivity index (χ3n) is 4.51. The highest BCUT2D eigenvalue weighted by Gasteiger charge is 2.28. The van der Waals surface area contributed by atoms with Crippen LogP contribution in [-0.4, -0.2) is 33.2 Å². The Hall–Kier alpha value is -3.93. The Bertz CT molecular complexity index is 933. The van der Waals surface area contributed by atoms with Crippen molar-refractivity contribution >= 4 is 17.9 Å². The van der Waals surface area contributed by atoms with E-state index < -0.39 is 23.8 Å². The number of benzene rings is 3. The standard InChI is InChI=1S/C22H16O6/c23-20(24)16-10-4-1-7-13(16)19(14-8-2-5-11-17(14)21(25)26)15-9-3-6-12-18(15)22(27)28/h1-12,19H,(H,23,24)(H,25,26)(H,27,28). The van der Waals surface area contributed by atoms with Crippen molar-refractivity contribution in [2.45, 2.75) is 5.92 Å². The zero-order valence-corrected chi connectivity index (χ0v) is 14.6. The molecule has 0 bridgehead atoms. The summed E-state index contributed by atoms with van der Waals surface area (Å²) in [5, 5.41) is 28.9. The van der Waals surface area contributed by atoms with E-state index in [-0.39, 0.29) is 16.7 Å². The zero-order valence-electron chi connectivity index (χ0n) is 14.6. The topological polar surface area (TPSA) is 112 Å². The number of aromatic carboxylic acids is 3. The fourth-order valence-corrected chi connectivity index (χ4v) is 3.33. The average Bonchev–Trinajstić information content (AvgIpc) is 2.69. The van der Waals surface area contributed by atoms with E-state index >= 15 is 0 Å². The van der Waals surface area contributed by atoms with Crippen LogP contribution < -0.4 is 0 Å². The second kappa shape index (κ2) is 7.75. The molecule has 0 unspecified atom stereocenters. The number of hydrogen-bond acceptors (Lipinski definition) is 3. The van der Waals surface area contributed by atoms with Gasteiger partial charge in [0.2, 0.25) is 0 Å². The molecule has 0 amide bonds. The van der Waals surface area contributed by atoms with E-state index in [2.05, 4.69) is 0 Å². The molecule has 3 rings (SSSR count). The molecule has 28 heavy (non-hydrogen) atoms. The maximum atomic E-state index is 11.8. The third-order valence-corrected chi connectivity index (χ3v) is 4.51. The summed E-state index contributed by atoms with van der Waals surface area (Å²) < 4.78 is 0. The van der Waals surface area contributed by atoms with Gasteiger partial charge in [-0.05, 0) is 34.9 Å². The molecule has 0 saturated heterocycles. The Labute approximate surface area is 160 Å². The maximum Gasteiger partial charge on any atom is 0.335 e. The van der Waals surface area contributed by atoms with Crippen LogP contribution >= 0.6 is 0 Å². The largest absolute Gasteiger partial charge is 0.478 e. The number of hydrogen-bond donors (Lipinski definition) is 3. The third kappa shape index (κ3) is 3.48. The summed E-state index contributed by atoms with van der Waals surface area (Å²) in [4.78, 5) is 35.4.